The number of para-hydroxylation sites is 1. The first-order chi connectivity index (χ1) is 11.1. The lowest BCUT2D eigenvalue weighted by atomic mass is 10.1. The number of carbonyl (C=O) groups is 2. The van der Waals surface area contributed by atoms with Crippen molar-refractivity contribution in [3.63, 3.8) is 0 Å². The Hall–Kier alpha value is -2.62. The molecule has 1 N–H and O–H groups in total. The minimum absolute atomic E-state index is 0.162. The number of nitrogens with zero attached hydrogens (tertiary/aromatic N) is 1. The Morgan fingerprint density at radius 2 is 1.78 bits per heavy atom. The molecule has 0 aliphatic carbocycles. The van der Waals surface area contributed by atoms with Crippen LogP contribution in [0.2, 0.25) is 0 Å². The summed E-state index contributed by atoms with van der Waals surface area (Å²) in [5.74, 6) is -0.352. The molecule has 1 fully saturated rings. The second-order valence-corrected chi connectivity index (χ2v) is 5.81. The number of nitrogens with one attached hydrogen (secondary N) is 1. The Morgan fingerprint density at radius 3 is 2.48 bits per heavy atom. The van der Waals surface area contributed by atoms with Gasteiger partial charge in [0.05, 0.1) is 12.1 Å². The maximum Gasteiger partial charge on any atom is 0.256 e. The van der Waals surface area contributed by atoms with Gasteiger partial charge >= 0.3 is 0 Å². The van der Waals surface area contributed by atoms with Crippen LogP contribution in [0.1, 0.15) is 24.5 Å². The summed E-state index contributed by atoms with van der Waals surface area (Å²) < 4.78 is 0. The Morgan fingerprint density at radius 1 is 1.09 bits per heavy atom. The number of aryl methyl sites for hydroxylation is 2. The van der Waals surface area contributed by atoms with Gasteiger partial charge in [-0.2, -0.15) is 0 Å². The normalized spacial score (nSPS) is 17.7. The molecule has 4 nitrogen and oxygen atoms in total. The highest BCUT2D eigenvalue weighted by molar-refractivity contribution is 6.23. The number of rotatable bonds is 4. The van der Waals surface area contributed by atoms with Gasteiger partial charge < -0.3 is 5.32 Å². The Balaban J connectivity index is 1.82. The fourth-order valence-corrected chi connectivity index (χ4v) is 2.87. The van der Waals surface area contributed by atoms with Gasteiger partial charge in [-0.1, -0.05) is 42.8 Å². The topological polar surface area (TPSA) is 49.4 Å². The molecule has 4 heteroatoms. The number of carbonyl (C=O) groups excluding carboxylic acids is 2. The van der Waals surface area contributed by atoms with Crippen LogP contribution in [0.5, 0.6) is 0 Å². The minimum atomic E-state index is -0.503. The van der Waals surface area contributed by atoms with Crippen LogP contribution in [-0.2, 0) is 16.0 Å². The lowest BCUT2D eigenvalue weighted by molar-refractivity contribution is -0.121. The van der Waals surface area contributed by atoms with Crippen LogP contribution in [-0.4, -0.2) is 17.9 Å². The van der Waals surface area contributed by atoms with Crippen LogP contribution in [0.4, 0.5) is 11.4 Å². The zero-order chi connectivity index (χ0) is 16.4. The summed E-state index contributed by atoms with van der Waals surface area (Å²) in [6.07, 6.45) is 1.06. The molecule has 0 unspecified atom stereocenters. The van der Waals surface area contributed by atoms with Gasteiger partial charge in [-0.05, 0) is 37.1 Å². The first-order valence-electron chi connectivity index (χ1n) is 7.88. The quantitative estimate of drug-likeness (QED) is 0.882. The van der Waals surface area contributed by atoms with E-state index in [9.17, 15) is 9.59 Å². The molecule has 1 atom stereocenters. The van der Waals surface area contributed by atoms with Crippen molar-refractivity contribution in [3.05, 3.63) is 59.7 Å². The minimum Gasteiger partial charge on any atom is -0.373 e. The van der Waals surface area contributed by atoms with Crippen LogP contribution in [0.25, 0.3) is 0 Å². The van der Waals surface area contributed by atoms with Crippen molar-refractivity contribution in [1.82, 2.24) is 0 Å². The van der Waals surface area contributed by atoms with Crippen molar-refractivity contribution in [3.8, 4) is 0 Å². The SMILES string of the molecule is CCc1ccccc1N[C@@H]1CC(=O)N(c2ccc(C)cc2)C1=O. The summed E-state index contributed by atoms with van der Waals surface area (Å²) in [6.45, 7) is 4.05. The molecule has 23 heavy (non-hydrogen) atoms. The first kappa shape index (κ1) is 15.3. The van der Waals surface area contributed by atoms with E-state index in [1.54, 1.807) is 0 Å². The van der Waals surface area contributed by atoms with E-state index in [0.29, 0.717) is 5.69 Å². The Labute approximate surface area is 136 Å². The fraction of sp³-hybridized carbons (Fsp3) is 0.263. The molecule has 2 amide bonds. The number of anilines is 2. The van der Waals surface area contributed by atoms with Crippen molar-refractivity contribution in [2.24, 2.45) is 0 Å². The third kappa shape index (κ3) is 2.97. The summed E-state index contributed by atoms with van der Waals surface area (Å²) in [5, 5.41) is 3.24. The van der Waals surface area contributed by atoms with Crippen molar-refractivity contribution in [1.29, 1.82) is 0 Å². The van der Waals surface area contributed by atoms with E-state index < -0.39 is 6.04 Å². The zero-order valence-electron chi connectivity index (χ0n) is 13.4. The third-order valence-electron chi connectivity index (χ3n) is 4.17. The molecule has 1 aliphatic heterocycles. The lowest BCUT2D eigenvalue weighted by Crippen LogP contribution is -2.34. The number of hydrogen-bond acceptors (Lipinski definition) is 3. The van der Waals surface area contributed by atoms with E-state index in [0.717, 1.165) is 23.2 Å². The predicted octanol–water partition coefficient (Wildman–Crippen LogP) is 3.30. The van der Waals surface area contributed by atoms with Gasteiger partial charge in [-0.15, -0.1) is 0 Å². The predicted molar refractivity (Wildman–Crippen MR) is 91.5 cm³/mol. The highest BCUT2D eigenvalue weighted by Crippen LogP contribution is 2.26. The van der Waals surface area contributed by atoms with Gasteiger partial charge in [0.15, 0.2) is 0 Å². The number of imide groups is 1. The zero-order valence-corrected chi connectivity index (χ0v) is 13.4. The average molecular weight is 308 g/mol. The number of benzene rings is 2. The maximum absolute atomic E-state index is 12.6. The summed E-state index contributed by atoms with van der Waals surface area (Å²) >= 11 is 0. The number of amides is 2. The molecule has 1 saturated heterocycles. The van der Waals surface area contributed by atoms with Crippen LogP contribution >= 0.6 is 0 Å². The van der Waals surface area contributed by atoms with Crippen molar-refractivity contribution < 1.29 is 9.59 Å². The van der Waals surface area contributed by atoms with Crippen molar-refractivity contribution in [2.45, 2.75) is 32.7 Å². The maximum atomic E-state index is 12.6. The largest absolute Gasteiger partial charge is 0.373 e. The van der Waals surface area contributed by atoms with Crippen LogP contribution < -0.4 is 10.2 Å². The average Bonchev–Trinajstić information content (AvgIpc) is 2.83. The summed E-state index contributed by atoms with van der Waals surface area (Å²) in [7, 11) is 0. The van der Waals surface area contributed by atoms with Gasteiger partial charge in [-0.25, -0.2) is 4.90 Å². The molecule has 0 aromatic heterocycles. The lowest BCUT2D eigenvalue weighted by Gasteiger charge is -2.17. The Bertz CT molecular complexity index is 737. The van der Waals surface area contributed by atoms with Gasteiger partial charge in [0.2, 0.25) is 5.91 Å². The third-order valence-corrected chi connectivity index (χ3v) is 4.17. The first-order valence-corrected chi connectivity index (χ1v) is 7.88. The van der Waals surface area contributed by atoms with E-state index >= 15 is 0 Å². The highest BCUT2D eigenvalue weighted by Gasteiger charge is 2.39. The second-order valence-electron chi connectivity index (χ2n) is 5.81. The van der Waals surface area contributed by atoms with Gasteiger partial charge in [0.25, 0.3) is 5.91 Å². The van der Waals surface area contributed by atoms with E-state index in [4.69, 9.17) is 0 Å². The van der Waals surface area contributed by atoms with Crippen LogP contribution in [0, 0.1) is 6.92 Å². The number of hydrogen-bond donors (Lipinski definition) is 1. The van der Waals surface area contributed by atoms with Gasteiger partial charge in [0.1, 0.15) is 6.04 Å². The van der Waals surface area contributed by atoms with Crippen molar-refractivity contribution in [2.75, 3.05) is 10.2 Å². The molecule has 2 aromatic rings. The molecule has 1 aliphatic rings. The molecular formula is C19H20N2O2. The second kappa shape index (κ2) is 6.24. The molecule has 2 aromatic carbocycles. The molecule has 3 rings (SSSR count). The fourth-order valence-electron chi connectivity index (χ4n) is 2.87. The summed E-state index contributed by atoms with van der Waals surface area (Å²) in [6, 6.07) is 14.8. The van der Waals surface area contributed by atoms with Gasteiger partial charge in [0, 0.05) is 5.69 Å². The molecule has 0 spiro atoms. The van der Waals surface area contributed by atoms with E-state index in [1.165, 1.54) is 4.90 Å². The van der Waals surface area contributed by atoms with Crippen LogP contribution in [0.15, 0.2) is 48.5 Å². The molecule has 1 heterocycles. The summed E-state index contributed by atoms with van der Waals surface area (Å²) in [4.78, 5) is 26.2. The van der Waals surface area contributed by atoms with E-state index in [1.807, 2.05) is 55.5 Å². The van der Waals surface area contributed by atoms with Gasteiger partial charge in [-0.3, -0.25) is 9.59 Å². The van der Waals surface area contributed by atoms with Crippen LogP contribution in [0.3, 0.4) is 0 Å². The monoisotopic (exact) mass is 308 g/mol. The molecule has 0 radical (unpaired) electrons. The highest BCUT2D eigenvalue weighted by atomic mass is 16.2. The molecule has 0 saturated carbocycles. The molecular weight excluding hydrogens is 288 g/mol. The van der Waals surface area contributed by atoms with E-state index in [2.05, 4.69) is 12.2 Å². The van der Waals surface area contributed by atoms with E-state index in [-0.39, 0.29) is 18.2 Å². The standard InChI is InChI=1S/C19H20N2O2/c1-3-14-6-4-5-7-16(14)20-17-12-18(22)21(19(17)23)15-10-8-13(2)9-11-15/h4-11,17,20H,3,12H2,1-2H3/t17-/m1/s1. The summed E-state index contributed by atoms with van der Waals surface area (Å²) in [5.41, 5.74) is 3.80. The molecule has 0 bridgehead atoms. The van der Waals surface area contributed by atoms with Crippen molar-refractivity contribution >= 4 is 23.2 Å². The Kier molecular flexibility index (Phi) is 4.15. The molecule has 118 valence electrons. The smallest absolute Gasteiger partial charge is 0.256 e.